The Morgan fingerprint density at radius 1 is 0.977 bits per heavy atom. The molecule has 2 unspecified atom stereocenters. The molecule has 0 radical (unpaired) electrons. The number of aliphatic hydroxyl groups is 2. The highest BCUT2D eigenvalue weighted by Crippen LogP contribution is 2.52. The number of aromatic nitrogens is 6. The number of hydrogen-bond donors (Lipinski definition) is 6. The fourth-order valence-corrected chi connectivity index (χ4v) is 6.81. The highest BCUT2D eigenvalue weighted by atomic mass is 31.2. The van der Waals surface area contributed by atoms with E-state index in [0.29, 0.717) is 0 Å². The third-order valence-corrected chi connectivity index (χ3v) is 8.74. The summed E-state index contributed by atoms with van der Waals surface area (Å²) in [6.07, 6.45) is -11.0. The lowest BCUT2D eigenvalue weighted by Gasteiger charge is -2.32. The molecule has 0 saturated carbocycles. The molecule has 8 N–H and O–H groups in total. The Bertz CT molecular complexity index is 1760. The first kappa shape index (κ1) is 29.9. The Morgan fingerprint density at radius 2 is 1.60 bits per heavy atom. The van der Waals surface area contributed by atoms with E-state index in [1.54, 1.807) is 0 Å². The van der Waals surface area contributed by atoms with Crippen molar-refractivity contribution in [3.8, 4) is 0 Å². The van der Waals surface area contributed by atoms with Crippen LogP contribution in [0.4, 0.5) is 11.9 Å². The number of aliphatic hydroxyl groups excluding tert-OH is 2. The van der Waals surface area contributed by atoms with Gasteiger partial charge in [-0.1, -0.05) is 0 Å². The van der Waals surface area contributed by atoms with E-state index in [1.165, 1.54) is 0 Å². The molecule has 22 nitrogen and oxygen atoms in total. The molecular formula is C19H23N8O14P2-. The summed E-state index contributed by atoms with van der Waals surface area (Å²) in [6, 6.07) is 0.999. The molecule has 6 heterocycles. The van der Waals surface area contributed by atoms with Gasteiger partial charge >= 0.3 is 7.82 Å². The van der Waals surface area contributed by atoms with Crippen molar-refractivity contribution in [1.82, 2.24) is 29.1 Å². The third-order valence-electron chi connectivity index (χ3n) is 6.79. The maximum absolute atomic E-state index is 13.0. The molecule has 0 aromatic carbocycles. The summed E-state index contributed by atoms with van der Waals surface area (Å²) in [5.41, 5.74) is 9.63. The van der Waals surface area contributed by atoms with E-state index in [9.17, 15) is 38.7 Å². The number of H-pyrrole nitrogens is 1. The van der Waals surface area contributed by atoms with E-state index in [4.69, 9.17) is 39.0 Å². The van der Waals surface area contributed by atoms with E-state index in [1.807, 2.05) is 0 Å². The second-order valence-corrected chi connectivity index (χ2v) is 12.3. The van der Waals surface area contributed by atoms with Crippen molar-refractivity contribution in [2.24, 2.45) is 0 Å². The highest BCUT2D eigenvalue weighted by molar-refractivity contribution is 7.47. The van der Waals surface area contributed by atoms with E-state index >= 15 is 0 Å². The number of hydrogen-bond acceptors (Lipinski definition) is 18. The van der Waals surface area contributed by atoms with Gasteiger partial charge in [-0.3, -0.25) is 37.3 Å². The summed E-state index contributed by atoms with van der Waals surface area (Å²) in [4.78, 5) is 60.6. The van der Waals surface area contributed by atoms with Crippen molar-refractivity contribution in [2.75, 3.05) is 24.7 Å². The Balaban J connectivity index is 1.28. The largest absolute Gasteiger partial charge is 0.756 e. The Morgan fingerprint density at radius 3 is 2.28 bits per heavy atom. The Hall–Kier alpha value is -3.11. The average Bonchev–Trinajstić information content (AvgIpc) is 3.56. The lowest BCUT2D eigenvalue weighted by Crippen LogP contribution is -2.40. The van der Waals surface area contributed by atoms with Gasteiger partial charge in [0.2, 0.25) is 11.9 Å². The molecule has 0 bridgehead atoms. The minimum Gasteiger partial charge on any atom is -0.756 e. The smallest absolute Gasteiger partial charge is 0.472 e. The van der Waals surface area contributed by atoms with Crippen LogP contribution in [-0.4, -0.2) is 94.0 Å². The van der Waals surface area contributed by atoms with E-state index in [0.717, 1.165) is 27.7 Å². The number of imidazole rings is 1. The average molecular weight is 649 g/mol. The van der Waals surface area contributed by atoms with Crippen LogP contribution in [0, 0.1) is 0 Å². The fraction of sp³-hybridized carbons (Fsp3) is 0.526. The summed E-state index contributed by atoms with van der Waals surface area (Å²) in [5, 5.41) is 21.9. The molecule has 3 aromatic heterocycles. The van der Waals surface area contributed by atoms with Crippen LogP contribution >= 0.6 is 15.6 Å². The van der Waals surface area contributed by atoms with Gasteiger partial charge in [-0.25, -0.2) is 9.55 Å². The molecule has 24 heteroatoms. The van der Waals surface area contributed by atoms with Gasteiger partial charge < -0.3 is 50.0 Å². The molecule has 3 aliphatic heterocycles. The van der Waals surface area contributed by atoms with Gasteiger partial charge in [-0.05, 0) is 0 Å². The van der Waals surface area contributed by atoms with Crippen LogP contribution in [0.2, 0.25) is 0 Å². The van der Waals surface area contributed by atoms with Gasteiger partial charge in [0.1, 0.15) is 36.6 Å². The minimum absolute atomic E-state index is 0.128. The van der Waals surface area contributed by atoms with Crippen LogP contribution in [0.3, 0.4) is 0 Å². The van der Waals surface area contributed by atoms with Crippen LogP contribution < -0.4 is 27.5 Å². The standard InChI is InChI=1S/C19H24N8O14P2/c20-18-24-14-9(15(31)25-18)22-5-27(14)17-11(30)13-7(39-17)4-37-42(32,33)40-12-6(3-36-43(34,35)41-13)38-16(10(12)29)26-2-1-8(28)23-19(26)21/h1-2,5-7,10-13,16-17,29-30H,3-4H2,(H,32,33)(H,34,35)(H2,21,23,28)(H3,20,24,25,31)/p-1/t6-,7-,10-,11-,12-,13-,16-,17-/m1/s1. The lowest BCUT2D eigenvalue weighted by atomic mass is 10.1. The van der Waals surface area contributed by atoms with Crippen molar-refractivity contribution >= 4 is 38.7 Å². The third kappa shape index (κ3) is 5.64. The molecule has 10 atom stereocenters. The number of phosphoric acid groups is 2. The summed E-state index contributed by atoms with van der Waals surface area (Å²) < 4.78 is 59.4. The number of rotatable bonds is 2. The maximum Gasteiger partial charge on any atom is 0.472 e. The Labute approximate surface area is 237 Å². The Kier molecular flexibility index (Phi) is 7.52. The predicted molar refractivity (Wildman–Crippen MR) is 134 cm³/mol. The predicted octanol–water partition coefficient (Wildman–Crippen LogP) is -3.56. The van der Waals surface area contributed by atoms with E-state index in [-0.39, 0.29) is 17.1 Å². The zero-order chi connectivity index (χ0) is 30.8. The zero-order valence-corrected chi connectivity index (χ0v) is 23.2. The van der Waals surface area contributed by atoms with E-state index in [2.05, 4.69) is 19.9 Å². The van der Waals surface area contributed by atoms with Gasteiger partial charge in [-0.15, -0.1) is 0 Å². The molecule has 0 amide bonds. The van der Waals surface area contributed by atoms with Crippen LogP contribution in [0.5, 0.6) is 0 Å². The van der Waals surface area contributed by atoms with Gasteiger partial charge in [0.05, 0.1) is 19.5 Å². The molecule has 6 rings (SSSR count). The number of nitrogen functional groups attached to an aromatic ring is 2. The topological polar surface area (TPSA) is 324 Å². The number of nitrogens with zero attached hydrogens (tertiary/aromatic N) is 5. The van der Waals surface area contributed by atoms with Crippen molar-refractivity contribution < 1.29 is 56.7 Å². The fourth-order valence-electron chi connectivity index (χ4n) is 4.90. The number of phosphoric ester groups is 2. The molecule has 43 heavy (non-hydrogen) atoms. The van der Waals surface area contributed by atoms with Gasteiger partial charge in [0.15, 0.2) is 23.6 Å². The summed E-state index contributed by atoms with van der Waals surface area (Å²) in [6.45, 7) is -1.80. The molecule has 3 aliphatic rings. The molecule has 3 fully saturated rings. The number of anilines is 2. The normalized spacial score (nSPS) is 38.7. The van der Waals surface area contributed by atoms with Crippen molar-refractivity contribution in [1.29, 1.82) is 0 Å². The zero-order valence-electron chi connectivity index (χ0n) is 21.4. The monoisotopic (exact) mass is 649 g/mol. The van der Waals surface area contributed by atoms with Crippen molar-refractivity contribution in [3.63, 3.8) is 0 Å². The highest BCUT2D eigenvalue weighted by Gasteiger charge is 2.52. The minimum atomic E-state index is -5.31. The van der Waals surface area contributed by atoms with Crippen molar-refractivity contribution in [2.45, 2.75) is 49.1 Å². The van der Waals surface area contributed by atoms with Crippen molar-refractivity contribution in [3.05, 3.63) is 39.3 Å². The SMILES string of the molecule is Nc1nc2c(ncn2[C@@H]2O[C@@H]3COP(=O)([O-])O[C@H]4[C@@H](O)[C@H](n5ccc(=O)nc5N)O[C@@H]4COP(=O)(O)O[C@H]3[C@H]2O)c(=O)[nH]1. The van der Waals surface area contributed by atoms with Gasteiger partial charge in [-0.2, -0.15) is 9.97 Å². The van der Waals surface area contributed by atoms with Crippen LogP contribution in [0.1, 0.15) is 12.5 Å². The van der Waals surface area contributed by atoms with Gasteiger partial charge in [0, 0.05) is 12.3 Å². The van der Waals surface area contributed by atoms with Gasteiger partial charge in [0.25, 0.3) is 18.9 Å². The number of ether oxygens (including phenoxy) is 2. The van der Waals surface area contributed by atoms with E-state index < -0.39 is 95.0 Å². The summed E-state index contributed by atoms with van der Waals surface area (Å²) in [7, 11) is -10.4. The second-order valence-electron chi connectivity index (χ2n) is 9.57. The first-order valence-corrected chi connectivity index (χ1v) is 15.2. The molecule has 3 aromatic rings. The van der Waals surface area contributed by atoms with Crippen LogP contribution in [0.25, 0.3) is 11.2 Å². The molecule has 3 saturated heterocycles. The summed E-state index contributed by atoms with van der Waals surface area (Å²) >= 11 is 0. The number of nitrogens with one attached hydrogen (secondary N) is 1. The molecule has 234 valence electrons. The first-order chi connectivity index (χ1) is 20.2. The quantitative estimate of drug-likeness (QED) is 0.146. The molecule has 0 aliphatic carbocycles. The van der Waals surface area contributed by atoms with Crippen LogP contribution in [0.15, 0.2) is 28.2 Å². The summed E-state index contributed by atoms with van der Waals surface area (Å²) in [5.74, 6) is -0.679. The lowest BCUT2D eigenvalue weighted by molar-refractivity contribution is -0.236. The maximum atomic E-state index is 13.0. The molecular weight excluding hydrogens is 626 g/mol. The molecule has 0 spiro atoms. The number of aromatic amines is 1. The number of nitrogens with two attached hydrogens (primary N) is 2. The van der Waals surface area contributed by atoms with Crippen LogP contribution in [-0.2, 0) is 36.7 Å². The number of fused-ring (bicyclic) bond motifs is 3. The first-order valence-electron chi connectivity index (χ1n) is 12.3. The second kappa shape index (κ2) is 10.8.